The van der Waals surface area contributed by atoms with E-state index in [1.807, 2.05) is 30.3 Å². The molecular formula is C21H20N2O4S2. The van der Waals surface area contributed by atoms with E-state index in [0.29, 0.717) is 16.2 Å². The highest BCUT2D eigenvalue weighted by atomic mass is 32.2. The first-order valence-electron chi connectivity index (χ1n) is 9.51. The molecule has 0 aliphatic heterocycles. The summed E-state index contributed by atoms with van der Waals surface area (Å²) in [5.41, 5.74) is 1.74. The van der Waals surface area contributed by atoms with Crippen molar-refractivity contribution in [2.24, 2.45) is 0 Å². The minimum absolute atomic E-state index is 0.0503. The molecule has 2 heterocycles. The second kappa shape index (κ2) is 8.51. The summed E-state index contributed by atoms with van der Waals surface area (Å²) in [5.74, 6) is -0.734. The predicted octanol–water partition coefficient (Wildman–Crippen LogP) is 3.55. The molecule has 8 heteroatoms. The number of esters is 1. The first-order chi connectivity index (χ1) is 14.1. The van der Waals surface area contributed by atoms with Crippen LogP contribution >= 0.6 is 23.1 Å². The van der Waals surface area contributed by atoms with Gasteiger partial charge in [0.25, 0.3) is 5.56 Å². The third-order valence-electron chi connectivity index (χ3n) is 4.73. The normalized spacial score (nSPS) is 12.9. The van der Waals surface area contributed by atoms with Crippen LogP contribution in [0.4, 0.5) is 0 Å². The second-order valence-corrected chi connectivity index (χ2v) is 8.74. The summed E-state index contributed by atoms with van der Waals surface area (Å²) in [6.45, 7) is 1.95. The van der Waals surface area contributed by atoms with E-state index in [1.165, 1.54) is 16.6 Å². The van der Waals surface area contributed by atoms with Crippen LogP contribution in [0.25, 0.3) is 15.9 Å². The highest BCUT2D eigenvalue weighted by Gasteiger charge is 2.24. The number of Topliss-reactive ketones (excluding diaryl/α,β-unsaturated/α-hetero) is 1. The van der Waals surface area contributed by atoms with Crippen molar-refractivity contribution in [3.63, 3.8) is 0 Å². The Kier molecular flexibility index (Phi) is 5.82. The van der Waals surface area contributed by atoms with Crippen molar-refractivity contribution in [1.82, 2.24) is 9.55 Å². The highest BCUT2D eigenvalue weighted by Crippen LogP contribution is 2.36. The zero-order chi connectivity index (χ0) is 20.4. The summed E-state index contributed by atoms with van der Waals surface area (Å²) >= 11 is 2.75. The lowest BCUT2D eigenvalue weighted by molar-refractivity contribution is -0.145. The Balaban J connectivity index is 1.72. The molecule has 1 aliphatic rings. The Morgan fingerprint density at radius 3 is 2.79 bits per heavy atom. The molecule has 29 heavy (non-hydrogen) atoms. The van der Waals surface area contributed by atoms with Crippen molar-refractivity contribution in [2.45, 2.75) is 37.8 Å². The topological polar surface area (TPSA) is 78.3 Å². The lowest BCUT2D eigenvalue weighted by Gasteiger charge is -2.12. The highest BCUT2D eigenvalue weighted by molar-refractivity contribution is 7.99. The Hall–Kier alpha value is -2.45. The number of carbonyl (C=O) groups excluding carboxylic acids is 2. The molecule has 150 valence electrons. The van der Waals surface area contributed by atoms with E-state index in [2.05, 4.69) is 0 Å². The number of carbonyl (C=O) groups is 2. The Morgan fingerprint density at radius 1 is 1.24 bits per heavy atom. The van der Waals surface area contributed by atoms with E-state index in [4.69, 9.17) is 9.72 Å². The van der Waals surface area contributed by atoms with Gasteiger partial charge in [-0.3, -0.25) is 19.0 Å². The van der Waals surface area contributed by atoms with Gasteiger partial charge in [0.15, 0.2) is 10.9 Å². The summed E-state index contributed by atoms with van der Waals surface area (Å²) < 4.78 is 6.41. The number of thiophene rings is 1. The number of aryl methyl sites for hydroxylation is 2. The summed E-state index contributed by atoms with van der Waals surface area (Å²) in [5, 5.41) is 1.17. The number of hydrogen-bond donors (Lipinski definition) is 0. The van der Waals surface area contributed by atoms with Crippen LogP contribution < -0.4 is 5.56 Å². The SMILES string of the molecule is CCOC(=O)CC(=O)CSc1nc2sc3c(c2c(=O)n1-c1ccccc1)CCC3. The molecule has 0 saturated heterocycles. The third-order valence-corrected chi connectivity index (χ3v) is 6.92. The molecule has 0 spiro atoms. The van der Waals surface area contributed by atoms with E-state index in [0.717, 1.165) is 29.7 Å². The molecule has 2 aromatic heterocycles. The van der Waals surface area contributed by atoms with Crippen LogP contribution in [0.5, 0.6) is 0 Å². The molecule has 0 N–H and O–H groups in total. The molecule has 3 aromatic rings. The third kappa shape index (κ3) is 4.00. The van der Waals surface area contributed by atoms with Gasteiger partial charge in [-0.1, -0.05) is 30.0 Å². The van der Waals surface area contributed by atoms with Crippen molar-refractivity contribution in [3.8, 4) is 5.69 Å². The van der Waals surface area contributed by atoms with Gasteiger partial charge in [0.1, 0.15) is 11.3 Å². The maximum Gasteiger partial charge on any atom is 0.313 e. The van der Waals surface area contributed by atoms with Crippen molar-refractivity contribution < 1.29 is 14.3 Å². The van der Waals surface area contributed by atoms with E-state index >= 15 is 0 Å². The Morgan fingerprint density at radius 2 is 2.03 bits per heavy atom. The molecule has 0 saturated carbocycles. The van der Waals surface area contributed by atoms with Crippen LogP contribution in [0.15, 0.2) is 40.3 Å². The van der Waals surface area contributed by atoms with Gasteiger partial charge in [-0.15, -0.1) is 11.3 Å². The monoisotopic (exact) mass is 428 g/mol. The molecular weight excluding hydrogens is 408 g/mol. The Bertz CT molecular complexity index is 1140. The van der Waals surface area contributed by atoms with E-state index < -0.39 is 5.97 Å². The number of rotatable bonds is 7. The lowest BCUT2D eigenvalue weighted by atomic mass is 10.2. The molecule has 1 aliphatic carbocycles. The quantitative estimate of drug-likeness (QED) is 0.248. The van der Waals surface area contributed by atoms with E-state index in [-0.39, 0.29) is 30.1 Å². The predicted molar refractivity (Wildman–Crippen MR) is 114 cm³/mol. The van der Waals surface area contributed by atoms with Gasteiger partial charge < -0.3 is 4.74 Å². The number of benzene rings is 1. The van der Waals surface area contributed by atoms with Crippen LogP contribution in [0, 0.1) is 0 Å². The molecule has 0 radical (unpaired) electrons. The number of hydrogen-bond acceptors (Lipinski definition) is 7. The fourth-order valence-corrected chi connectivity index (χ4v) is 5.67. The van der Waals surface area contributed by atoms with Gasteiger partial charge in [-0.05, 0) is 43.9 Å². The first-order valence-corrected chi connectivity index (χ1v) is 11.3. The van der Waals surface area contributed by atoms with Crippen LogP contribution in [-0.4, -0.2) is 33.7 Å². The van der Waals surface area contributed by atoms with Gasteiger partial charge in [0.2, 0.25) is 0 Å². The minimum Gasteiger partial charge on any atom is -0.466 e. The summed E-state index contributed by atoms with van der Waals surface area (Å²) in [6, 6.07) is 9.32. The zero-order valence-electron chi connectivity index (χ0n) is 16.0. The molecule has 4 rings (SSSR count). The fraction of sp³-hybridized carbons (Fsp3) is 0.333. The first kappa shape index (κ1) is 19.8. The largest absolute Gasteiger partial charge is 0.466 e. The van der Waals surface area contributed by atoms with Gasteiger partial charge in [-0.2, -0.15) is 0 Å². The maximum atomic E-state index is 13.4. The smallest absolute Gasteiger partial charge is 0.313 e. The zero-order valence-corrected chi connectivity index (χ0v) is 17.6. The van der Waals surface area contributed by atoms with Crippen LogP contribution in [-0.2, 0) is 27.2 Å². The minimum atomic E-state index is -0.531. The van der Waals surface area contributed by atoms with Crippen LogP contribution in [0.2, 0.25) is 0 Å². The fourth-order valence-electron chi connectivity index (χ4n) is 3.50. The summed E-state index contributed by atoms with van der Waals surface area (Å²) in [6.07, 6.45) is 2.69. The van der Waals surface area contributed by atoms with Crippen molar-refractivity contribution >= 4 is 45.1 Å². The average molecular weight is 429 g/mol. The number of ether oxygens (including phenoxy) is 1. The average Bonchev–Trinajstić information content (AvgIpc) is 3.28. The molecule has 0 unspecified atom stereocenters. The molecule has 0 atom stereocenters. The molecule has 0 amide bonds. The van der Waals surface area contributed by atoms with Gasteiger partial charge in [0, 0.05) is 4.88 Å². The number of nitrogens with zero attached hydrogens (tertiary/aromatic N) is 2. The van der Waals surface area contributed by atoms with E-state index in [9.17, 15) is 14.4 Å². The van der Waals surface area contributed by atoms with Crippen LogP contribution in [0.3, 0.4) is 0 Å². The standard InChI is InChI=1S/C21H20N2O4S2/c1-2-27-17(25)11-14(24)12-28-21-22-19-18(15-9-6-10-16(15)29-19)20(26)23(21)13-7-4-3-5-8-13/h3-5,7-8H,2,6,9-12H2,1H3. The van der Waals surface area contributed by atoms with E-state index in [1.54, 1.807) is 22.8 Å². The number of ketones is 1. The van der Waals surface area contributed by atoms with Crippen molar-refractivity contribution in [1.29, 1.82) is 0 Å². The number of para-hydroxylation sites is 1. The molecule has 1 aromatic carbocycles. The van der Waals surface area contributed by atoms with Gasteiger partial charge >= 0.3 is 5.97 Å². The molecule has 0 bridgehead atoms. The van der Waals surface area contributed by atoms with Crippen LogP contribution in [0.1, 0.15) is 30.2 Å². The maximum absolute atomic E-state index is 13.4. The van der Waals surface area contributed by atoms with Gasteiger partial charge in [0.05, 0.1) is 23.4 Å². The van der Waals surface area contributed by atoms with Gasteiger partial charge in [-0.25, -0.2) is 4.98 Å². The molecule has 0 fully saturated rings. The lowest BCUT2D eigenvalue weighted by Crippen LogP contribution is -2.22. The second-order valence-electron chi connectivity index (χ2n) is 6.72. The summed E-state index contributed by atoms with van der Waals surface area (Å²) in [7, 11) is 0. The summed E-state index contributed by atoms with van der Waals surface area (Å²) in [4.78, 5) is 43.9. The van der Waals surface area contributed by atoms with Crippen molar-refractivity contribution in [2.75, 3.05) is 12.4 Å². The Labute approximate surface area is 175 Å². The number of fused-ring (bicyclic) bond motifs is 3. The molecule has 6 nitrogen and oxygen atoms in total. The number of aromatic nitrogens is 2. The number of thioether (sulfide) groups is 1. The van der Waals surface area contributed by atoms with Crippen molar-refractivity contribution in [3.05, 3.63) is 51.1 Å².